The molecule has 0 unspecified atom stereocenters. The summed E-state index contributed by atoms with van der Waals surface area (Å²) in [5.41, 5.74) is 2.75. The number of hydrogen-bond acceptors (Lipinski definition) is 0. The number of nitrogens with zero attached hydrogens (tertiary/aromatic N) is 2. The second kappa shape index (κ2) is 4.97. The fraction of sp³-hybridized carbons (Fsp3) is 0.438. The lowest BCUT2D eigenvalue weighted by atomic mass is 9.96. The summed E-state index contributed by atoms with van der Waals surface area (Å²) >= 11 is 0. The molecule has 1 heterocycles. The van der Waals surface area contributed by atoms with Crippen molar-refractivity contribution >= 4 is 0 Å². The van der Waals surface area contributed by atoms with Gasteiger partial charge in [-0.25, -0.2) is 9.13 Å². The van der Waals surface area contributed by atoms with Crippen LogP contribution in [-0.2, 0) is 7.05 Å². The van der Waals surface area contributed by atoms with E-state index in [0.29, 0.717) is 12.0 Å². The SMILES string of the molecule is CC(C)c1ccccc1-c1n(C(C)C)cc[n+]1C. The van der Waals surface area contributed by atoms with Crippen molar-refractivity contribution in [2.24, 2.45) is 7.05 Å². The van der Waals surface area contributed by atoms with Gasteiger partial charge in [0.25, 0.3) is 5.82 Å². The van der Waals surface area contributed by atoms with Gasteiger partial charge in [0.1, 0.15) is 12.4 Å². The van der Waals surface area contributed by atoms with E-state index in [1.807, 2.05) is 0 Å². The molecule has 0 N–H and O–H groups in total. The third-order valence-electron chi connectivity index (χ3n) is 3.41. The van der Waals surface area contributed by atoms with Gasteiger partial charge in [0.2, 0.25) is 0 Å². The molecule has 18 heavy (non-hydrogen) atoms. The zero-order chi connectivity index (χ0) is 13.3. The Morgan fingerprint density at radius 2 is 1.72 bits per heavy atom. The third-order valence-corrected chi connectivity index (χ3v) is 3.41. The van der Waals surface area contributed by atoms with Crippen molar-refractivity contribution in [1.82, 2.24) is 4.57 Å². The molecule has 96 valence electrons. The molecule has 2 heteroatoms. The van der Waals surface area contributed by atoms with Gasteiger partial charge in [-0.1, -0.05) is 32.0 Å². The van der Waals surface area contributed by atoms with Crippen LogP contribution in [0.3, 0.4) is 0 Å². The lowest BCUT2D eigenvalue weighted by Gasteiger charge is -2.12. The second-order valence-corrected chi connectivity index (χ2v) is 5.48. The molecule has 0 aliphatic heterocycles. The van der Waals surface area contributed by atoms with Crippen molar-refractivity contribution in [2.75, 3.05) is 0 Å². The molecule has 2 rings (SSSR count). The first-order chi connectivity index (χ1) is 8.52. The minimum Gasteiger partial charge on any atom is -0.233 e. The first-order valence-electron chi connectivity index (χ1n) is 6.68. The highest BCUT2D eigenvalue weighted by Gasteiger charge is 2.22. The van der Waals surface area contributed by atoms with Gasteiger partial charge < -0.3 is 0 Å². The predicted molar refractivity (Wildman–Crippen MR) is 75.5 cm³/mol. The molecule has 0 saturated carbocycles. The summed E-state index contributed by atoms with van der Waals surface area (Å²) in [5, 5.41) is 0. The quantitative estimate of drug-likeness (QED) is 0.727. The fourth-order valence-electron chi connectivity index (χ4n) is 2.45. The summed E-state index contributed by atoms with van der Waals surface area (Å²) < 4.78 is 4.54. The zero-order valence-electron chi connectivity index (χ0n) is 12.0. The summed E-state index contributed by atoms with van der Waals surface area (Å²) in [4.78, 5) is 0. The summed E-state index contributed by atoms with van der Waals surface area (Å²) in [5.74, 6) is 1.83. The van der Waals surface area contributed by atoms with Crippen LogP contribution in [0, 0.1) is 0 Å². The Morgan fingerprint density at radius 3 is 2.33 bits per heavy atom. The van der Waals surface area contributed by atoms with Crippen molar-refractivity contribution in [3.8, 4) is 11.4 Å². The maximum atomic E-state index is 2.33. The summed E-state index contributed by atoms with van der Waals surface area (Å²) in [7, 11) is 2.12. The first kappa shape index (κ1) is 12.9. The second-order valence-electron chi connectivity index (χ2n) is 5.48. The van der Waals surface area contributed by atoms with E-state index in [1.165, 1.54) is 17.0 Å². The van der Waals surface area contributed by atoms with Crippen LogP contribution < -0.4 is 4.57 Å². The summed E-state index contributed by atoms with van der Waals surface area (Å²) in [6.07, 6.45) is 4.30. The highest BCUT2D eigenvalue weighted by molar-refractivity contribution is 5.59. The highest BCUT2D eigenvalue weighted by atomic mass is 15.1. The molecule has 0 saturated heterocycles. The molecule has 2 nitrogen and oxygen atoms in total. The van der Waals surface area contributed by atoms with Gasteiger partial charge in [-0.15, -0.1) is 0 Å². The van der Waals surface area contributed by atoms with Gasteiger partial charge in [0, 0.05) is 0 Å². The van der Waals surface area contributed by atoms with Gasteiger partial charge in [-0.3, -0.25) is 0 Å². The smallest absolute Gasteiger partial charge is 0.233 e. The van der Waals surface area contributed by atoms with Crippen molar-refractivity contribution in [3.05, 3.63) is 42.2 Å². The van der Waals surface area contributed by atoms with Crippen molar-refractivity contribution < 1.29 is 4.57 Å². The molecule has 1 aromatic carbocycles. The Labute approximate surface area is 110 Å². The first-order valence-corrected chi connectivity index (χ1v) is 6.68. The Morgan fingerprint density at radius 1 is 1.06 bits per heavy atom. The topological polar surface area (TPSA) is 8.81 Å². The van der Waals surface area contributed by atoms with E-state index in [1.54, 1.807) is 0 Å². The van der Waals surface area contributed by atoms with E-state index in [0.717, 1.165) is 0 Å². The normalized spacial score (nSPS) is 11.5. The Balaban J connectivity index is 2.65. The number of rotatable bonds is 3. The molecule has 2 aromatic rings. The number of imidazole rings is 1. The molecule has 0 aliphatic rings. The van der Waals surface area contributed by atoms with Crippen LogP contribution in [0.2, 0.25) is 0 Å². The fourth-order valence-corrected chi connectivity index (χ4v) is 2.45. The van der Waals surface area contributed by atoms with Crippen LogP contribution in [0.4, 0.5) is 0 Å². The van der Waals surface area contributed by atoms with E-state index < -0.39 is 0 Å². The molecule has 1 aromatic heterocycles. The lowest BCUT2D eigenvalue weighted by molar-refractivity contribution is -0.659. The molecule has 0 radical (unpaired) electrons. The van der Waals surface area contributed by atoms with Crippen LogP contribution >= 0.6 is 0 Å². The van der Waals surface area contributed by atoms with Crippen LogP contribution in [0.15, 0.2) is 36.7 Å². The number of hydrogen-bond donors (Lipinski definition) is 0. The van der Waals surface area contributed by atoms with E-state index in [4.69, 9.17) is 0 Å². The van der Waals surface area contributed by atoms with E-state index in [-0.39, 0.29) is 0 Å². The van der Waals surface area contributed by atoms with Gasteiger partial charge in [0.15, 0.2) is 0 Å². The molecule has 0 atom stereocenters. The Bertz CT molecular complexity index is 536. The molecule has 0 aliphatic carbocycles. The highest BCUT2D eigenvalue weighted by Crippen LogP contribution is 2.28. The number of benzene rings is 1. The largest absolute Gasteiger partial charge is 0.289 e. The number of aryl methyl sites for hydroxylation is 1. The van der Waals surface area contributed by atoms with Gasteiger partial charge in [-0.05, 0) is 31.4 Å². The van der Waals surface area contributed by atoms with Gasteiger partial charge in [0.05, 0.1) is 18.7 Å². The summed E-state index contributed by atoms with van der Waals surface area (Å²) in [6.45, 7) is 8.95. The van der Waals surface area contributed by atoms with Crippen LogP contribution in [0.5, 0.6) is 0 Å². The van der Waals surface area contributed by atoms with Crippen LogP contribution in [-0.4, -0.2) is 4.57 Å². The molecule has 0 spiro atoms. The monoisotopic (exact) mass is 243 g/mol. The molecular formula is C16H23N2+. The van der Waals surface area contributed by atoms with Crippen molar-refractivity contribution in [2.45, 2.75) is 39.7 Å². The summed E-state index contributed by atoms with van der Waals surface area (Å²) in [6, 6.07) is 9.18. The standard InChI is InChI=1S/C16H23N2/c1-12(2)14-8-6-7-9-15(14)16-17(5)10-11-18(16)13(3)4/h6-13H,1-5H3/q+1. The van der Waals surface area contributed by atoms with Gasteiger partial charge >= 0.3 is 0 Å². The van der Waals surface area contributed by atoms with E-state index in [9.17, 15) is 0 Å². The minimum absolute atomic E-state index is 0.474. The predicted octanol–water partition coefficient (Wildman–Crippen LogP) is 3.68. The van der Waals surface area contributed by atoms with Gasteiger partial charge in [-0.2, -0.15) is 0 Å². The molecule has 0 amide bonds. The van der Waals surface area contributed by atoms with Crippen LogP contribution in [0.1, 0.15) is 45.2 Å². The maximum Gasteiger partial charge on any atom is 0.289 e. The Kier molecular flexibility index (Phi) is 3.55. The lowest BCUT2D eigenvalue weighted by Crippen LogP contribution is -2.29. The van der Waals surface area contributed by atoms with E-state index >= 15 is 0 Å². The zero-order valence-corrected chi connectivity index (χ0v) is 12.0. The Hall–Kier alpha value is -1.57. The van der Waals surface area contributed by atoms with Crippen molar-refractivity contribution in [1.29, 1.82) is 0 Å². The molecule has 0 bridgehead atoms. The molecular weight excluding hydrogens is 220 g/mol. The van der Waals surface area contributed by atoms with E-state index in [2.05, 4.69) is 80.5 Å². The number of aromatic nitrogens is 2. The maximum absolute atomic E-state index is 2.33. The average Bonchev–Trinajstić information content (AvgIpc) is 2.71. The van der Waals surface area contributed by atoms with Crippen molar-refractivity contribution in [3.63, 3.8) is 0 Å². The third kappa shape index (κ3) is 2.20. The van der Waals surface area contributed by atoms with Crippen LogP contribution in [0.25, 0.3) is 11.4 Å². The minimum atomic E-state index is 0.474. The molecule has 0 fully saturated rings. The average molecular weight is 243 g/mol.